The van der Waals surface area contributed by atoms with Gasteiger partial charge in [0.15, 0.2) is 10.9 Å². The Morgan fingerprint density at radius 3 is 2.63 bits per heavy atom. The van der Waals surface area contributed by atoms with Crippen molar-refractivity contribution in [2.24, 2.45) is 0 Å². The van der Waals surface area contributed by atoms with Crippen LogP contribution in [0, 0.1) is 6.92 Å². The summed E-state index contributed by atoms with van der Waals surface area (Å²) in [7, 11) is 0. The third kappa shape index (κ3) is 5.32. The zero-order valence-corrected chi connectivity index (χ0v) is 18.8. The van der Waals surface area contributed by atoms with Crippen LogP contribution < -0.4 is 5.32 Å². The summed E-state index contributed by atoms with van der Waals surface area (Å²) < 4.78 is 1.96. The number of carbonyl (C=O) groups is 2. The van der Waals surface area contributed by atoms with E-state index in [4.69, 9.17) is 11.6 Å². The number of hydrogen-bond acceptors (Lipinski definition) is 4. The van der Waals surface area contributed by atoms with E-state index in [1.165, 1.54) is 18.7 Å². The van der Waals surface area contributed by atoms with Crippen molar-refractivity contribution in [2.75, 3.05) is 6.54 Å². The lowest BCUT2D eigenvalue weighted by atomic mass is 10.0. The molecule has 0 fully saturated rings. The number of benzene rings is 2. The van der Waals surface area contributed by atoms with Crippen LogP contribution in [-0.2, 0) is 11.2 Å². The summed E-state index contributed by atoms with van der Waals surface area (Å²) >= 11 is 7.69. The Morgan fingerprint density at radius 1 is 1.20 bits per heavy atom. The van der Waals surface area contributed by atoms with E-state index >= 15 is 0 Å². The lowest BCUT2D eigenvalue weighted by Gasteiger charge is -2.14. The van der Waals surface area contributed by atoms with Crippen molar-refractivity contribution in [1.82, 2.24) is 14.9 Å². The molecular formula is C23H24ClN3O2S. The van der Waals surface area contributed by atoms with Crippen LogP contribution in [0.2, 0.25) is 5.02 Å². The van der Waals surface area contributed by atoms with Crippen LogP contribution in [0.25, 0.3) is 5.69 Å². The van der Waals surface area contributed by atoms with Gasteiger partial charge >= 0.3 is 0 Å². The fourth-order valence-corrected chi connectivity index (χ4v) is 4.21. The number of imidazole rings is 1. The summed E-state index contributed by atoms with van der Waals surface area (Å²) in [5.74, 6) is 0.00440. The molecule has 1 atom stereocenters. The first-order valence-electron chi connectivity index (χ1n) is 9.70. The number of thioether (sulfide) groups is 1. The van der Waals surface area contributed by atoms with Crippen LogP contribution in [0.5, 0.6) is 0 Å². The lowest BCUT2D eigenvalue weighted by Crippen LogP contribution is -2.22. The van der Waals surface area contributed by atoms with Crippen LogP contribution in [0.15, 0.2) is 60.0 Å². The second-order valence-electron chi connectivity index (χ2n) is 7.02. The highest BCUT2D eigenvalue weighted by atomic mass is 35.5. The fraction of sp³-hybridized carbons (Fsp3) is 0.261. The Balaban J connectivity index is 1.69. The molecule has 1 unspecified atom stereocenters. The molecule has 1 N–H and O–H groups in total. The van der Waals surface area contributed by atoms with Crippen molar-refractivity contribution < 1.29 is 9.59 Å². The quantitative estimate of drug-likeness (QED) is 0.400. The van der Waals surface area contributed by atoms with Crippen molar-refractivity contribution in [3.05, 3.63) is 76.6 Å². The predicted molar refractivity (Wildman–Crippen MR) is 122 cm³/mol. The molecule has 3 aromatic rings. The molecule has 0 aliphatic carbocycles. The fourth-order valence-electron chi connectivity index (χ4n) is 3.08. The number of ketones is 1. The molecule has 1 aromatic heterocycles. The van der Waals surface area contributed by atoms with Crippen LogP contribution in [0.1, 0.15) is 35.3 Å². The van der Waals surface area contributed by atoms with E-state index in [2.05, 4.69) is 10.3 Å². The van der Waals surface area contributed by atoms with Crippen molar-refractivity contribution in [3.8, 4) is 5.69 Å². The molecular weight excluding hydrogens is 418 g/mol. The standard InChI is InChI=1S/C23H24ClN3O2S/c1-15-20(24)5-4-6-21(15)27-14-13-26-23(27)30-16(2)22(29)19-9-7-18(8-10-19)11-12-25-17(3)28/h4-10,13-14,16H,11-12H2,1-3H3,(H,25,28). The van der Waals surface area contributed by atoms with E-state index in [1.54, 1.807) is 6.20 Å². The van der Waals surface area contributed by atoms with E-state index in [0.29, 0.717) is 17.1 Å². The molecule has 0 aliphatic heterocycles. The van der Waals surface area contributed by atoms with Gasteiger partial charge < -0.3 is 5.32 Å². The number of rotatable bonds is 8. The van der Waals surface area contributed by atoms with E-state index in [9.17, 15) is 9.59 Å². The van der Waals surface area contributed by atoms with Gasteiger partial charge in [-0.1, -0.05) is 53.7 Å². The number of halogens is 1. The SMILES string of the molecule is CC(=O)NCCc1ccc(C(=O)C(C)Sc2nccn2-c2cccc(Cl)c2C)cc1. The van der Waals surface area contributed by atoms with Crippen LogP contribution >= 0.6 is 23.4 Å². The van der Waals surface area contributed by atoms with Gasteiger partial charge in [-0.25, -0.2) is 4.98 Å². The molecule has 1 heterocycles. The maximum Gasteiger partial charge on any atom is 0.216 e. The molecule has 0 bridgehead atoms. The van der Waals surface area contributed by atoms with Gasteiger partial charge in [0.25, 0.3) is 0 Å². The molecule has 0 spiro atoms. The molecule has 156 valence electrons. The molecule has 30 heavy (non-hydrogen) atoms. The molecule has 0 saturated heterocycles. The number of amides is 1. The van der Waals surface area contributed by atoms with Gasteiger partial charge in [0.1, 0.15) is 0 Å². The zero-order valence-electron chi connectivity index (χ0n) is 17.2. The summed E-state index contributed by atoms with van der Waals surface area (Å²) in [4.78, 5) is 28.3. The van der Waals surface area contributed by atoms with Crippen molar-refractivity contribution in [2.45, 2.75) is 37.6 Å². The number of nitrogens with zero attached hydrogens (tertiary/aromatic N) is 2. The van der Waals surface area contributed by atoms with E-state index in [1.807, 2.05) is 67.1 Å². The smallest absolute Gasteiger partial charge is 0.216 e. The Morgan fingerprint density at radius 2 is 1.93 bits per heavy atom. The number of hydrogen-bond donors (Lipinski definition) is 1. The highest BCUT2D eigenvalue weighted by Gasteiger charge is 2.20. The number of Topliss-reactive ketones (excluding diaryl/α,β-unsaturated/α-hetero) is 1. The highest BCUT2D eigenvalue weighted by Crippen LogP contribution is 2.29. The second-order valence-corrected chi connectivity index (χ2v) is 8.73. The third-order valence-corrected chi connectivity index (χ3v) is 6.27. The maximum atomic E-state index is 12.9. The average Bonchev–Trinajstić information content (AvgIpc) is 3.17. The molecule has 1 amide bonds. The summed E-state index contributed by atoms with van der Waals surface area (Å²) in [6.07, 6.45) is 4.33. The summed E-state index contributed by atoms with van der Waals surface area (Å²) in [6.45, 7) is 5.94. The van der Waals surface area contributed by atoms with Crippen molar-refractivity contribution in [3.63, 3.8) is 0 Å². The number of carbonyl (C=O) groups excluding carboxylic acids is 2. The number of aromatic nitrogens is 2. The first-order valence-corrected chi connectivity index (χ1v) is 11.0. The minimum absolute atomic E-state index is 0.0426. The zero-order chi connectivity index (χ0) is 21.7. The van der Waals surface area contributed by atoms with Gasteiger partial charge in [-0.05, 0) is 43.5 Å². The second kappa shape index (κ2) is 9.96. The molecule has 0 radical (unpaired) electrons. The molecule has 2 aromatic carbocycles. The number of nitrogens with one attached hydrogen (secondary N) is 1. The summed E-state index contributed by atoms with van der Waals surface area (Å²) in [6, 6.07) is 13.3. The van der Waals surface area contributed by atoms with E-state index < -0.39 is 0 Å². The molecule has 5 nitrogen and oxygen atoms in total. The largest absolute Gasteiger partial charge is 0.356 e. The molecule has 0 aliphatic rings. The van der Waals surface area contributed by atoms with Gasteiger partial charge in [-0.15, -0.1) is 0 Å². The van der Waals surface area contributed by atoms with Crippen LogP contribution in [0.4, 0.5) is 0 Å². The lowest BCUT2D eigenvalue weighted by molar-refractivity contribution is -0.118. The van der Waals surface area contributed by atoms with E-state index in [-0.39, 0.29) is 16.9 Å². The van der Waals surface area contributed by atoms with Gasteiger partial charge in [-0.2, -0.15) is 0 Å². The molecule has 0 saturated carbocycles. The highest BCUT2D eigenvalue weighted by molar-refractivity contribution is 8.00. The van der Waals surface area contributed by atoms with Crippen LogP contribution in [0.3, 0.4) is 0 Å². The Labute approximate surface area is 185 Å². The average molecular weight is 442 g/mol. The minimum atomic E-state index is -0.295. The van der Waals surface area contributed by atoms with Gasteiger partial charge in [0.2, 0.25) is 5.91 Å². The Bertz CT molecular complexity index is 1050. The normalized spacial score (nSPS) is 11.9. The summed E-state index contributed by atoms with van der Waals surface area (Å²) in [5.41, 5.74) is 3.65. The van der Waals surface area contributed by atoms with Gasteiger partial charge in [-0.3, -0.25) is 14.2 Å². The van der Waals surface area contributed by atoms with E-state index in [0.717, 1.165) is 28.4 Å². The topological polar surface area (TPSA) is 64.0 Å². The van der Waals surface area contributed by atoms with Gasteiger partial charge in [0, 0.05) is 36.4 Å². The molecule has 3 rings (SSSR count). The van der Waals surface area contributed by atoms with Crippen molar-refractivity contribution >= 4 is 35.1 Å². The van der Waals surface area contributed by atoms with Gasteiger partial charge in [0.05, 0.1) is 10.9 Å². The third-order valence-electron chi connectivity index (χ3n) is 4.78. The maximum absolute atomic E-state index is 12.9. The first-order chi connectivity index (χ1) is 14.4. The minimum Gasteiger partial charge on any atom is -0.356 e. The first kappa shape index (κ1) is 22.1. The van der Waals surface area contributed by atoms with Crippen LogP contribution in [-0.4, -0.2) is 33.0 Å². The Hall–Kier alpha value is -2.57. The monoisotopic (exact) mass is 441 g/mol. The molecule has 7 heteroatoms. The summed E-state index contributed by atoms with van der Waals surface area (Å²) in [5, 5.41) is 3.92. The van der Waals surface area contributed by atoms with Crippen molar-refractivity contribution in [1.29, 1.82) is 0 Å². The Kier molecular flexibility index (Phi) is 7.34. The predicted octanol–water partition coefficient (Wildman–Crippen LogP) is 4.88.